The predicted molar refractivity (Wildman–Crippen MR) is 120 cm³/mol. The van der Waals surface area contributed by atoms with E-state index in [0.717, 1.165) is 5.75 Å². The normalized spacial score (nSPS) is 11.6. The molecule has 0 aliphatic carbocycles. The van der Waals surface area contributed by atoms with E-state index in [2.05, 4.69) is 15.5 Å². The first-order chi connectivity index (χ1) is 14.9. The summed E-state index contributed by atoms with van der Waals surface area (Å²) in [5.41, 5.74) is 0.470. The molecule has 3 rings (SSSR count). The first-order valence-electron chi connectivity index (χ1n) is 9.38. The number of nitrogens with one attached hydrogen (secondary N) is 1. The molecule has 0 saturated carbocycles. The van der Waals surface area contributed by atoms with Gasteiger partial charge in [0, 0.05) is 19.2 Å². The van der Waals surface area contributed by atoms with Crippen molar-refractivity contribution >= 4 is 35.0 Å². The number of ether oxygens (including phenoxy) is 3. The molecule has 0 spiro atoms. The Kier molecular flexibility index (Phi) is 7.64. The van der Waals surface area contributed by atoms with Crippen molar-refractivity contribution in [3.05, 3.63) is 53.3 Å². The standard InChI is InChI=1S/C21H23ClN4O4S/c1-13(30-14-8-6-5-7-9-14)20-24-25-21(26(20)2)31-12-19(27)23-16-11-17(28-3)15(22)10-18(16)29-4/h5-11,13H,12H2,1-4H3,(H,23,27). The molecule has 0 bridgehead atoms. The molecule has 31 heavy (non-hydrogen) atoms. The third-order valence-electron chi connectivity index (χ3n) is 4.37. The van der Waals surface area contributed by atoms with E-state index < -0.39 is 0 Å². The van der Waals surface area contributed by atoms with E-state index in [0.29, 0.717) is 33.2 Å². The van der Waals surface area contributed by atoms with Crippen molar-refractivity contribution in [3.63, 3.8) is 0 Å². The molecule has 0 aliphatic heterocycles. The van der Waals surface area contributed by atoms with Gasteiger partial charge in [0.25, 0.3) is 0 Å². The van der Waals surface area contributed by atoms with Crippen LogP contribution in [0, 0.1) is 0 Å². The Morgan fingerprint density at radius 2 is 1.87 bits per heavy atom. The van der Waals surface area contributed by atoms with Crippen LogP contribution >= 0.6 is 23.4 Å². The Morgan fingerprint density at radius 3 is 2.55 bits per heavy atom. The number of methoxy groups -OCH3 is 2. The Hall–Kier alpha value is -2.91. The van der Waals surface area contributed by atoms with Crippen molar-refractivity contribution in [2.75, 3.05) is 25.3 Å². The molecule has 8 nitrogen and oxygen atoms in total. The maximum absolute atomic E-state index is 12.5. The van der Waals surface area contributed by atoms with E-state index in [4.69, 9.17) is 25.8 Å². The van der Waals surface area contributed by atoms with E-state index in [-0.39, 0.29) is 17.8 Å². The van der Waals surface area contributed by atoms with Crippen LogP contribution in [0.3, 0.4) is 0 Å². The number of amides is 1. The van der Waals surface area contributed by atoms with Crippen molar-refractivity contribution in [2.24, 2.45) is 7.05 Å². The van der Waals surface area contributed by atoms with Crippen LogP contribution in [0.5, 0.6) is 17.2 Å². The minimum Gasteiger partial charge on any atom is -0.495 e. The summed E-state index contributed by atoms with van der Waals surface area (Å²) in [7, 11) is 4.85. The van der Waals surface area contributed by atoms with Crippen LogP contribution in [-0.4, -0.2) is 40.6 Å². The fraction of sp³-hybridized carbons (Fsp3) is 0.286. The summed E-state index contributed by atoms with van der Waals surface area (Å²) in [4.78, 5) is 12.5. The van der Waals surface area contributed by atoms with Crippen LogP contribution < -0.4 is 19.5 Å². The average molecular weight is 463 g/mol. The Labute approximate surface area is 189 Å². The lowest BCUT2D eigenvalue weighted by Crippen LogP contribution is -2.15. The number of carbonyl (C=O) groups is 1. The number of thioether (sulfide) groups is 1. The maximum Gasteiger partial charge on any atom is 0.234 e. The Bertz CT molecular complexity index is 1050. The molecule has 164 valence electrons. The van der Waals surface area contributed by atoms with Gasteiger partial charge in [-0.3, -0.25) is 4.79 Å². The number of nitrogens with zero attached hydrogens (tertiary/aromatic N) is 3. The molecule has 1 N–H and O–H groups in total. The molecule has 1 atom stereocenters. The molecule has 1 heterocycles. The van der Waals surface area contributed by atoms with Gasteiger partial charge in [-0.25, -0.2) is 0 Å². The molecular weight excluding hydrogens is 440 g/mol. The molecule has 0 aliphatic rings. The number of aromatic nitrogens is 3. The van der Waals surface area contributed by atoms with E-state index >= 15 is 0 Å². The number of carbonyl (C=O) groups excluding carboxylic acids is 1. The van der Waals surface area contributed by atoms with Gasteiger partial charge in [0.2, 0.25) is 5.91 Å². The smallest absolute Gasteiger partial charge is 0.234 e. The highest BCUT2D eigenvalue weighted by molar-refractivity contribution is 7.99. The van der Waals surface area contributed by atoms with Crippen molar-refractivity contribution < 1.29 is 19.0 Å². The lowest BCUT2D eigenvalue weighted by atomic mass is 10.2. The monoisotopic (exact) mass is 462 g/mol. The first kappa shape index (κ1) is 22.8. The van der Waals surface area contributed by atoms with E-state index in [9.17, 15) is 4.79 Å². The lowest BCUT2D eigenvalue weighted by Gasteiger charge is -2.14. The van der Waals surface area contributed by atoms with Crippen LogP contribution in [0.15, 0.2) is 47.6 Å². The molecule has 1 aromatic heterocycles. The van der Waals surface area contributed by atoms with Gasteiger partial charge in [0.15, 0.2) is 17.1 Å². The van der Waals surface area contributed by atoms with Crippen molar-refractivity contribution in [3.8, 4) is 17.2 Å². The molecule has 2 aromatic carbocycles. The van der Waals surface area contributed by atoms with Crippen LogP contribution in [0.4, 0.5) is 5.69 Å². The third-order valence-corrected chi connectivity index (χ3v) is 5.68. The van der Waals surface area contributed by atoms with Gasteiger partial charge in [-0.15, -0.1) is 10.2 Å². The summed E-state index contributed by atoms with van der Waals surface area (Å²) in [5, 5.41) is 12.2. The van der Waals surface area contributed by atoms with Crippen LogP contribution in [0.25, 0.3) is 0 Å². The number of benzene rings is 2. The quantitative estimate of drug-likeness (QED) is 0.473. The highest BCUT2D eigenvalue weighted by Gasteiger charge is 2.19. The molecule has 1 amide bonds. The fourth-order valence-electron chi connectivity index (χ4n) is 2.84. The molecule has 0 saturated heterocycles. The summed E-state index contributed by atoms with van der Waals surface area (Å²) in [5.74, 6) is 2.20. The van der Waals surface area contributed by atoms with Crippen molar-refractivity contribution in [1.29, 1.82) is 0 Å². The lowest BCUT2D eigenvalue weighted by molar-refractivity contribution is -0.113. The number of hydrogen-bond acceptors (Lipinski definition) is 7. The first-order valence-corrected chi connectivity index (χ1v) is 10.7. The summed E-state index contributed by atoms with van der Waals surface area (Å²) >= 11 is 7.37. The van der Waals surface area contributed by atoms with E-state index in [1.54, 1.807) is 12.1 Å². The number of hydrogen-bond donors (Lipinski definition) is 1. The van der Waals surface area contributed by atoms with E-state index in [1.807, 2.05) is 48.9 Å². The second-order valence-electron chi connectivity index (χ2n) is 6.50. The summed E-state index contributed by atoms with van der Waals surface area (Å²) in [6.07, 6.45) is -0.297. The second kappa shape index (κ2) is 10.4. The average Bonchev–Trinajstić information content (AvgIpc) is 3.14. The number of anilines is 1. The number of rotatable bonds is 9. The predicted octanol–water partition coefficient (Wildman–Crippen LogP) is 4.36. The van der Waals surface area contributed by atoms with Gasteiger partial charge < -0.3 is 24.1 Å². The Balaban J connectivity index is 1.62. The minimum absolute atomic E-state index is 0.133. The highest BCUT2D eigenvalue weighted by atomic mass is 35.5. The third kappa shape index (κ3) is 5.62. The summed E-state index contributed by atoms with van der Waals surface area (Å²) in [6.45, 7) is 1.90. The number of halogens is 1. The van der Waals surface area contributed by atoms with Gasteiger partial charge in [-0.1, -0.05) is 41.6 Å². The summed E-state index contributed by atoms with van der Waals surface area (Å²) < 4.78 is 18.2. The summed E-state index contributed by atoms with van der Waals surface area (Å²) in [6, 6.07) is 12.7. The van der Waals surface area contributed by atoms with Gasteiger partial charge in [-0.2, -0.15) is 0 Å². The molecule has 3 aromatic rings. The SMILES string of the molecule is COc1cc(NC(=O)CSc2nnc(C(C)Oc3ccccc3)n2C)c(OC)cc1Cl. The zero-order chi connectivity index (χ0) is 22.4. The molecule has 1 unspecified atom stereocenters. The second-order valence-corrected chi connectivity index (χ2v) is 7.85. The largest absolute Gasteiger partial charge is 0.495 e. The number of para-hydroxylation sites is 1. The maximum atomic E-state index is 12.5. The zero-order valence-corrected chi connectivity index (χ0v) is 19.2. The van der Waals surface area contributed by atoms with E-state index in [1.165, 1.54) is 26.0 Å². The van der Waals surface area contributed by atoms with Crippen molar-refractivity contribution in [2.45, 2.75) is 18.2 Å². The molecule has 0 fully saturated rings. The van der Waals surface area contributed by atoms with Gasteiger partial charge >= 0.3 is 0 Å². The highest BCUT2D eigenvalue weighted by Crippen LogP contribution is 2.36. The molecule has 0 radical (unpaired) electrons. The van der Waals surface area contributed by atoms with Crippen molar-refractivity contribution in [1.82, 2.24) is 14.8 Å². The Morgan fingerprint density at radius 1 is 1.16 bits per heavy atom. The fourth-order valence-corrected chi connectivity index (χ4v) is 3.79. The van der Waals surface area contributed by atoms with Gasteiger partial charge in [-0.05, 0) is 19.1 Å². The van der Waals surface area contributed by atoms with Gasteiger partial charge in [0.05, 0.1) is 30.7 Å². The zero-order valence-electron chi connectivity index (χ0n) is 17.6. The molecular formula is C21H23ClN4O4S. The van der Waals surface area contributed by atoms with Crippen LogP contribution in [0.2, 0.25) is 5.02 Å². The van der Waals surface area contributed by atoms with Crippen LogP contribution in [0.1, 0.15) is 18.9 Å². The minimum atomic E-state index is -0.297. The van der Waals surface area contributed by atoms with Crippen LogP contribution in [-0.2, 0) is 11.8 Å². The van der Waals surface area contributed by atoms with Gasteiger partial charge in [0.1, 0.15) is 17.2 Å². The topological polar surface area (TPSA) is 87.5 Å². The molecule has 10 heteroatoms.